The monoisotopic (exact) mass is 306 g/mol. The van der Waals surface area contributed by atoms with E-state index in [9.17, 15) is 0 Å². The molecular weight excluding hydrogens is 280 g/mol. The predicted octanol–water partition coefficient (Wildman–Crippen LogP) is -0.760. The van der Waals surface area contributed by atoms with Crippen LogP contribution < -0.4 is 31.9 Å². The van der Waals surface area contributed by atoms with E-state index in [1.54, 1.807) is 0 Å². The first-order valence-electron chi connectivity index (χ1n) is 8.10. The number of rotatable bonds is 2. The van der Waals surface area contributed by atoms with E-state index < -0.39 is 0 Å². The lowest BCUT2D eigenvalue weighted by Gasteiger charge is -2.27. The van der Waals surface area contributed by atoms with Crippen LogP contribution in [0.3, 0.4) is 0 Å². The van der Waals surface area contributed by atoms with Crippen molar-refractivity contribution in [2.75, 3.05) is 73.6 Å². The maximum absolute atomic E-state index is 6.41. The summed E-state index contributed by atoms with van der Waals surface area (Å²) >= 11 is 0. The molecule has 2 aliphatic rings. The summed E-state index contributed by atoms with van der Waals surface area (Å²) in [5, 5.41) is 6.78. The predicted molar refractivity (Wildman–Crippen MR) is 90.3 cm³/mol. The van der Waals surface area contributed by atoms with Gasteiger partial charge in [0.2, 0.25) is 5.95 Å². The normalized spacial score (nSPS) is 20.5. The van der Waals surface area contributed by atoms with Crippen molar-refractivity contribution in [1.29, 1.82) is 0 Å². The number of nitrogens with zero attached hydrogens (tertiary/aromatic N) is 4. The van der Waals surface area contributed by atoms with Gasteiger partial charge in [0.25, 0.3) is 0 Å². The molecule has 2 aliphatic heterocycles. The van der Waals surface area contributed by atoms with E-state index in [0.29, 0.717) is 11.6 Å². The van der Waals surface area contributed by atoms with Gasteiger partial charge in [0, 0.05) is 39.3 Å². The molecule has 0 amide bonds. The van der Waals surface area contributed by atoms with E-state index in [1.807, 2.05) is 0 Å². The number of anilines is 4. The second kappa shape index (κ2) is 6.97. The minimum atomic E-state index is 0.300. The van der Waals surface area contributed by atoms with Gasteiger partial charge in [-0.3, -0.25) is 0 Å². The molecule has 0 aliphatic carbocycles. The summed E-state index contributed by atoms with van der Waals surface area (Å²) in [6.45, 7) is 7.59. The zero-order chi connectivity index (χ0) is 15.4. The standard InChI is InChI=1S/C14H26N8/c15-11-12(21-7-1-3-17-5-9-21)19-14(16)20-13(11)22-8-2-4-18-6-10-22/h17-18H,1-10,15H2,(H2,16,19,20). The summed E-state index contributed by atoms with van der Waals surface area (Å²) in [6.07, 6.45) is 2.15. The first-order chi connectivity index (χ1) is 10.8. The molecule has 0 radical (unpaired) electrons. The quantitative estimate of drug-likeness (QED) is 0.565. The molecule has 3 rings (SSSR count). The Hall–Kier alpha value is -1.80. The Kier molecular flexibility index (Phi) is 4.79. The molecule has 8 heteroatoms. The van der Waals surface area contributed by atoms with Crippen LogP contribution in [0, 0.1) is 0 Å². The molecule has 2 fully saturated rings. The Morgan fingerprint density at radius 1 is 0.727 bits per heavy atom. The van der Waals surface area contributed by atoms with Gasteiger partial charge in [0.15, 0.2) is 11.6 Å². The molecule has 2 saturated heterocycles. The van der Waals surface area contributed by atoms with Crippen LogP contribution in [0.5, 0.6) is 0 Å². The van der Waals surface area contributed by atoms with Gasteiger partial charge in [-0.1, -0.05) is 0 Å². The molecule has 122 valence electrons. The van der Waals surface area contributed by atoms with E-state index >= 15 is 0 Å². The number of aromatic nitrogens is 2. The Morgan fingerprint density at radius 2 is 1.23 bits per heavy atom. The molecule has 0 saturated carbocycles. The summed E-state index contributed by atoms with van der Waals surface area (Å²) in [6, 6.07) is 0. The summed E-state index contributed by atoms with van der Waals surface area (Å²) in [5.74, 6) is 1.86. The maximum atomic E-state index is 6.41. The highest BCUT2D eigenvalue weighted by Crippen LogP contribution is 2.31. The number of nitrogens with two attached hydrogens (primary N) is 2. The van der Waals surface area contributed by atoms with Crippen LogP contribution in [0.15, 0.2) is 0 Å². The van der Waals surface area contributed by atoms with Crippen LogP contribution >= 0.6 is 0 Å². The van der Waals surface area contributed by atoms with E-state index in [1.165, 1.54) is 0 Å². The van der Waals surface area contributed by atoms with Crippen LogP contribution in [0.25, 0.3) is 0 Å². The minimum Gasteiger partial charge on any atom is -0.393 e. The maximum Gasteiger partial charge on any atom is 0.224 e. The van der Waals surface area contributed by atoms with E-state index in [0.717, 1.165) is 76.8 Å². The summed E-state index contributed by atoms with van der Waals surface area (Å²) in [4.78, 5) is 13.3. The van der Waals surface area contributed by atoms with Crippen LogP contribution in [-0.2, 0) is 0 Å². The molecule has 0 aromatic carbocycles. The molecule has 1 aromatic rings. The smallest absolute Gasteiger partial charge is 0.224 e. The topological polar surface area (TPSA) is 108 Å². The molecule has 0 spiro atoms. The van der Waals surface area contributed by atoms with Crippen molar-refractivity contribution in [1.82, 2.24) is 20.6 Å². The Morgan fingerprint density at radius 3 is 1.73 bits per heavy atom. The minimum absolute atomic E-state index is 0.300. The zero-order valence-electron chi connectivity index (χ0n) is 13.0. The summed E-state index contributed by atoms with van der Waals surface area (Å²) in [7, 11) is 0. The molecule has 22 heavy (non-hydrogen) atoms. The Labute approximate surface area is 131 Å². The Bertz CT molecular complexity index is 449. The van der Waals surface area contributed by atoms with E-state index in [-0.39, 0.29) is 0 Å². The van der Waals surface area contributed by atoms with Gasteiger partial charge >= 0.3 is 0 Å². The molecule has 1 aromatic heterocycles. The van der Waals surface area contributed by atoms with Gasteiger partial charge < -0.3 is 31.9 Å². The fourth-order valence-corrected chi connectivity index (χ4v) is 3.06. The highest BCUT2D eigenvalue weighted by Gasteiger charge is 2.21. The molecule has 0 bridgehead atoms. The Balaban J connectivity index is 1.90. The highest BCUT2D eigenvalue weighted by molar-refractivity contribution is 5.77. The van der Waals surface area contributed by atoms with Crippen molar-refractivity contribution in [3.05, 3.63) is 0 Å². The SMILES string of the molecule is Nc1nc(N2CCCNCC2)c(N)c(N2CCCNCC2)n1. The average molecular weight is 306 g/mol. The summed E-state index contributed by atoms with van der Waals surface area (Å²) in [5.41, 5.74) is 13.0. The number of nitrogen functional groups attached to an aromatic ring is 2. The van der Waals surface area contributed by atoms with Gasteiger partial charge in [-0.15, -0.1) is 0 Å². The fourth-order valence-electron chi connectivity index (χ4n) is 3.06. The third-order valence-corrected chi connectivity index (χ3v) is 4.20. The lowest BCUT2D eigenvalue weighted by molar-refractivity contribution is 0.724. The molecule has 0 unspecified atom stereocenters. The van der Waals surface area contributed by atoms with Crippen molar-refractivity contribution in [2.24, 2.45) is 0 Å². The number of nitrogens with one attached hydrogen (secondary N) is 2. The third kappa shape index (κ3) is 3.33. The molecule has 6 N–H and O–H groups in total. The van der Waals surface area contributed by atoms with Crippen molar-refractivity contribution < 1.29 is 0 Å². The van der Waals surface area contributed by atoms with Gasteiger partial charge in [-0.2, -0.15) is 9.97 Å². The molecular formula is C14H26N8. The largest absolute Gasteiger partial charge is 0.393 e. The zero-order valence-corrected chi connectivity index (χ0v) is 13.0. The van der Waals surface area contributed by atoms with Crippen molar-refractivity contribution in [3.8, 4) is 0 Å². The van der Waals surface area contributed by atoms with Crippen molar-refractivity contribution in [2.45, 2.75) is 12.8 Å². The second-order valence-corrected chi connectivity index (χ2v) is 5.82. The average Bonchev–Trinajstić information content (AvgIpc) is 2.93. The first-order valence-corrected chi connectivity index (χ1v) is 8.10. The molecule has 0 atom stereocenters. The van der Waals surface area contributed by atoms with E-state index in [4.69, 9.17) is 11.5 Å². The third-order valence-electron chi connectivity index (χ3n) is 4.20. The van der Waals surface area contributed by atoms with Gasteiger partial charge in [-0.25, -0.2) is 0 Å². The van der Waals surface area contributed by atoms with E-state index in [2.05, 4.69) is 30.4 Å². The number of hydrogen-bond acceptors (Lipinski definition) is 8. The number of hydrogen-bond donors (Lipinski definition) is 4. The first kappa shape index (κ1) is 15.1. The van der Waals surface area contributed by atoms with Crippen LogP contribution in [-0.4, -0.2) is 62.3 Å². The lowest BCUT2D eigenvalue weighted by atomic mass is 10.3. The molecule has 8 nitrogen and oxygen atoms in total. The van der Waals surface area contributed by atoms with Gasteiger partial charge in [0.05, 0.1) is 0 Å². The fraction of sp³-hybridized carbons (Fsp3) is 0.714. The van der Waals surface area contributed by atoms with Crippen molar-refractivity contribution in [3.63, 3.8) is 0 Å². The van der Waals surface area contributed by atoms with Crippen LogP contribution in [0.2, 0.25) is 0 Å². The van der Waals surface area contributed by atoms with Crippen LogP contribution in [0.4, 0.5) is 23.3 Å². The van der Waals surface area contributed by atoms with Gasteiger partial charge in [0.1, 0.15) is 5.69 Å². The van der Waals surface area contributed by atoms with Gasteiger partial charge in [-0.05, 0) is 25.9 Å². The summed E-state index contributed by atoms with van der Waals surface area (Å²) < 4.78 is 0. The second-order valence-electron chi connectivity index (χ2n) is 5.82. The van der Waals surface area contributed by atoms with Crippen molar-refractivity contribution >= 4 is 23.3 Å². The highest BCUT2D eigenvalue weighted by atomic mass is 15.3. The van der Waals surface area contributed by atoms with Crippen LogP contribution in [0.1, 0.15) is 12.8 Å². The lowest BCUT2D eigenvalue weighted by Crippen LogP contribution is -2.33. The molecule has 3 heterocycles.